The lowest BCUT2D eigenvalue weighted by atomic mass is 9.86. The van der Waals surface area contributed by atoms with Gasteiger partial charge in [0.05, 0.1) is 15.1 Å². The maximum absolute atomic E-state index is 9.72. The van der Waals surface area contributed by atoms with Crippen molar-refractivity contribution in [3.63, 3.8) is 0 Å². The summed E-state index contributed by atoms with van der Waals surface area (Å²) in [4.78, 5) is 0. The van der Waals surface area contributed by atoms with Gasteiger partial charge in [0.15, 0.2) is 5.75 Å². The van der Waals surface area contributed by atoms with Gasteiger partial charge in [0.1, 0.15) is 5.75 Å². The van der Waals surface area contributed by atoms with Gasteiger partial charge in [-0.2, -0.15) is 0 Å². The van der Waals surface area contributed by atoms with Crippen molar-refractivity contribution in [2.24, 2.45) is 5.92 Å². The van der Waals surface area contributed by atoms with E-state index in [2.05, 4.69) is 6.92 Å². The Hall–Kier alpha value is -1.09. The van der Waals surface area contributed by atoms with Gasteiger partial charge in [0, 0.05) is 5.41 Å². The van der Waals surface area contributed by atoms with Gasteiger partial charge in [-0.3, -0.25) is 0 Å². The van der Waals surface area contributed by atoms with E-state index in [0.29, 0.717) is 10.9 Å². The van der Waals surface area contributed by atoms with Crippen LogP contribution in [0.4, 0.5) is 0 Å². The summed E-state index contributed by atoms with van der Waals surface area (Å²) in [7, 11) is 0. The molecule has 1 fully saturated rings. The highest BCUT2D eigenvalue weighted by molar-refractivity contribution is 6.37. The van der Waals surface area contributed by atoms with Crippen LogP contribution in [0.5, 0.6) is 11.5 Å². The molecule has 3 rings (SSSR count). The summed E-state index contributed by atoms with van der Waals surface area (Å²) >= 11 is 18.1. The highest BCUT2D eigenvalue weighted by Crippen LogP contribution is 2.60. The van der Waals surface area contributed by atoms with Crippen LogP contribution in [0.1, 0.15) is 24.5 Å². The van der Waals surface area contributed by atoms with Gasteiger partial charge in [-0.15, -0.1) is 0 Å². The average molecular weight is 344 g/mol. The fraction of sp³-hybridized carbons (Fsp3) is 0.250. The first-order valence-corrected chi connectivity index (χ1v) is 7.67. The number of rotatable bonds is 2. The van der Waals surface area contributed by atoms with Crippen molar-refractivity contribution in [1.82, 2.24) is 0 Å². The number of phenols is 2. The van der Waals surface area contributed by atoms with E-state index in [4.69, 9.17) is 34.8 Å². The third kappa shape index (κ3) is 2.26. The lowest BCUT2D eigenvalue weighted by Gasteiger charge is -2.20. The van der Waals surface area contributed by atoms with E-state index in [1.807, 2.05) is 6.07 Å². The zero-order valence-electron chi connectivity index (χ0n) is 11.2. The van der Waals surface area contributed by atoms with Crippen LogP contribution in [-0.2, 0) is 5.41 Å². The normalized spacial score (nSPS) is 24.1. The second-order valence-corrected chi connectivity index (χ2v) is 6.75. The lowest BCUT2D eigenvalue weighted by molar-refractivity contribution is 0.475. The molecule has 2 unspecified atom stereocenters. The molecule has 0 aliphatic heterocycles. The molecule has 1 saturated carbocycles. The van der Waals surface area contributed by atoms with E-state index in [9.17, 15) is 10.2 Å². The molecular formula is C16H13Cl3O2. The van der Waals surface area contributed by atoms with Crippen molar-refractivity contribution in [3.8, 4) is 11.5 Å². The molecule has 2 aromatic carbocycles. The summed E-state index contributed by atoms with van der Waals surface area (Å²) in [6.45, 7) is 2.13. The number of halogens is 3. The Balaban J connectivity index is 2.15. The second-order valence-electron chi connectivity index (χ2n) is 5.53. The van der Waals surface area contributed by atoms with E-state index < -0.39 is 0 Å². The minimum absolute atomic E-state index is 0.0608. The molecule has 0 saturated heterocycles. The number of hydrogen-bond donors (Lipinski definition) is 2. The Labute approximate surface area is 137 Å². The third-order valence-electron chi connectivity index (χ3n) is 4.30. The fourth-order valence-electron chi connectivity index (χ4n) is 3.00. The molecule has 2 nitrogen and oxygen atoms in total. The van der Waals surface area contributed by atoms with Crippen LogP contribution in [0.2, 0.25) is 15.1 Å². The van der Waals surface area contributed by atoms with Crippen molar-refractivity contribution in [3.05, 3.63) is 56.5 Å². The predicted molar refractivity (Wildman–Crippen MR) is 85.8 cm³/mol. The number of aromatic hydroxyl groups is 2. The summed E-state index contributed by atoms with van der Waals surface area (Å²) < 4.78 is 0. The van der Waals surface area contributed by atoms with Gasteiger partial charge in [0.2, 0.25) is 0 Å². The molecule has 1 aliphatic rings. The van der Waals surface area contributed by atoms with Crippen molar-refractivity contribution >= 4 is 34.8 Å². The van der Waals surface area contributed by atoms with E-state index in [-0.39, 0.29) is 27.0 Å². The molecule has 0 heterocycles. The maximum atomic E-state index is 9.72. The fourth-order valence-corrected chi connectivity index (χ4v) is 3.67. The third-order valence-corrected chi connectivity index (χ3v) is 5.18. The molecule has 0 radical (unpaired) electrons. The average Bonchev–Trinajstić information content (AvgIpc) is 3.11. The zero-order valence-corrected chi connectivity index (χ0v) is 13.5. The first kappa shape index (κ1) is 14.8. The van der Waals surface area contributed by atoms with Gasteiger partial charge < -0.3 is 10.2 Å². The monoisotopic (exact) mass is 342 g/mol. The Bertz CT molecular complexity index is 706. The summed E-state index contributed by atoms with van der Waals surface area (Å²) in [6, 6.07) is 8.71. The molecule has 5 heteroatoms. The van der Waals surface area contributed by atoms with Crippen LogP contribution in [-0.4, -0.2) is 10.2 Å². The Morgan fingerprint density at radius 3 is 1.95 bits per heavy atom. The standard InChI is InChI=1S/C16H13Cl3O2/c1-8-7-16(8,9-2-3-14(20)11(17)4-9)10-5-12(18)15(21)13(19)6-10/h2-6,8,20-21H,7H2,1H3. The summed E-state index contributed by atoms with van der Waals surface area (Å²) in [5.41, 5.74) is 1.73. The van der Waals surface area contributed by atoms with E-state index in [0.717, 1.165) is 17.5 Å². The number of hydrogen-bond acceptors (Lipinski definition) is 2. The molecule has 0 amide bonds. The van der Waals surface area contributed by atoms with Crippen LogP contribution >= 0.6 is 34.8 Å². The Morgan fingerprint density at radius 2 is 1.48 bits per heavy atom. The van der Waals surface area contributed by atoms with Gasteiger partial charge in [-0.1, -0.05) is 47.8 Å². The van der Waals surface area contributed by atoms with E-state index in [1.165, 1.54) is 0 Å². The van der Waals surface area contributed by atoms with Crippen molar-refractivity contribution < 1.29 is 10.2 Å². The molecule has 0 bridgehead atoms. The van der Waals surface area contributed by atoms with Gasteiger partial charge >= 0.3 is 0 Å². The van der Waals surface area contributed by atoms with Crippen LogP contribution < -0.4 is 0 Å². The first-order chi connectivity index (χ1) is 9.86. The topological polar surface area (TPSA) is 40.5 Å². The summed E-state index contributed by atoms with van der Waals surface area (Å²) in [5, 5.41) is 20.1. The van der Waals surface area contributed by atoms with Crippen LogP contribution in [0.25, 0.3) is 0 Å². The molecule has 0 spiro atoms. The van der Waals surface area contributed by atoms with Crippen LogP contribution in [0, 0.1) is 5.92 Å². The zero-order chi connectivity index (χ0) is 15.4. The number of benzene rings is 2. The van der Waals surface area contributed by atoms with Crippen molar-refractivity contribution in [2.45, 2.75) is 18.8 Å². The van der Waals surface area contributed by atoms with Gasteiger partial charge in [-0.05, 0) is 47.7 Å². The molecule has 0 aromatic heterocycles. The molecule has 110 valence electrons. The maximum Gasteiger partial charge on any atom is 0.152 e. The SMILES string of the molecule is CC1CC1(c1ccc(O)c(Cl)c1)c1cc(Cl)c(O)c(Cl)c1. The summed E-state index contributed by atoms with van der Waals surface area (Å²) in [6.07, 6.45) is 0.936. The highest BCUT2D eigenvalue weighted by Gasteiger charge is 2.54. The number of phenolic OH excluding ortho intramolecular Hbond substituents is 2. The summed E-state index contributed by atoms with van der Waals surface area (Å²) in [5.74, 6) is 0.356. The largest absolute Gasteiger partial charge is 0.506 e. The van der Waals surface area contributed by atoms with E-state index in [1.54, 1.807) is 24.3 Å². The van der Waals surface area contributed by atoms with Gasteiger partial charge in [-0.25, -0.2) is 0 Å². The second kappa shape index (κ2) is 4.98. The van der Waals surface area contributed by atoms with Gasteiger partial charge in [0.25, 0.3) is 0 Å². The Kier molecular flexibility index (Phi) is 3.52. The lowest BCUT2D eigenvalue weighted by Crippen LogP contribution is -2.11. The first-order valence-electron chi connectivity index (χ1n) is 6.53. The molecular weight excluding hydrogens is 331 g/mol. The quantitative estimate of drug-likeness (QED) is 0.768. The molecule has 2 atom stereocenters. The minimum Gasteiger partial charge on any atom is -0.506 e. The van der Waals surface area contributed by atoms with Crippen molar-refractivity contribution in [1.29, 1.82) is 0 Å². The molecule has 21 heavy (non-hydrogen) atoms. The Morgan fingerprint density at radius 1 is 0.952 bits per heavy atom. The smallest absolute Gasteiger partial charge is 0.152 e. The molecule has 1 aliphatic carbocycles. The van der Waals surface area contributed by atoms with Crippen molar-refractivity contribution in [2.75, 3.05) is 0 Å². The van der Waals surface area contributed by atoms with Crippen LogP contribution in [0.15, 0.2) is 30.3 Å². The molecule has 2 aromatic rings. The highest BCUT2D eigenvalue weighted by atomic mass is 35.5. The van der Waals surface area contributed by atoms with Crippen LogP contribution in [0.3, 0.4) is 0 Å². The van der Waals surface area contributed by atoms with E-state index >= 15 is 0 Å². The predicted octanol–water partition coefficient (Wildman–Crippen LogP) is 5.38. The minimum atomic E-state index is -0.224. The molecule has 2 N–H and O–H groups in total.